The maximum atomic E-state index is 13.1. The van der Waals surface area contributed by atoms with Gasteiger partial charge in [0.1, 0.15) is 0 Å². The van der Waals surface area contributed by atoms with E-state index in [9.17, 15) is 18.0 Å². The number of fused-ring (bicyclic) bond motifs is 2. The second-order valence-electron chi connectivity index (χ2n) is 8.25. The van der Waals surface area contributed by atoms with Crippen molar-refractivity contribution in [1.29, 1.82) is 0 Å². The summed E-state index contributed by atoms with van der Waals surface area (Å²) in [6.07, 6.45) is -2.40. The summed E-state index contributed by atoms with van der Waals surface area (Å²) in [5.41, 5.74) is 6.70. The topological polar surface area (TPSA) is 45.6 Å². The highest BCUT2D eigenvalue weighted by Gasteiger charge is 2.31. The Morgan fingerprint density at radius 1 is 1.03 bits per heavy atom. The third-order valence-electron chi connectivity index (χ3n) is 5.94. The van der Waals surface area contributed by atoms with Crippen molar-refractivity contribution < 1.29 is 18.0 Å². The van der Waals surface area contributed by atoms with Crippen molar-refractivity contribution in [3.05, 3.63) is 99.4 Å². The summed E-state index contributed by atoms with van der Waals surface area (Å²) < 4.78 is 39.2. The molecule has 0 spiro atoms. The van der Waals surface area contributed by atoms with Crippen molar-refractivity contribution in [2.75, 3.05) is 0 Å². The largest absolute Gasteiger partial charge is 0.416 e. The van der Waals surface area contributed by atoms with Gasteiger partial charge in [0.25, 0.3) is 0 Å². The van der Waals surface area contributed by atoms with Crippen molar-refractivity contribution >= 4 is 11.6 Å². The molecule has 3 aromatic rings. The molecule has 0 saturated carbocycles. The van der Waals surface area contributed by atoms with Crippen LogP contribution in [0, 0.1) is 6.92 Å². The van der Waals surface area contributed by atoms with Gasteiger partial charge in [0, 0.05) is 36.1 Å². The SMILES string of the molecule is Cc1cc(C2=NCc3cc4c(cc32)CN(Cc2cccc(C(F)(F)F)c2)C(=O)C4)ccn1. The van der Waals surface area contributed by atoms with Crippen molar-refractivity contribution in [2.45, 2.75) is 39.2 Å². The lowest BCUT2D eigenvalue weighted by atomic mass is 9.91. The number of aryl methyl sites for hydroxylation is 1. The molecule has 4 nitrogen and oxygen atoms in total. The summed E-state index contributed by atoms with van der Waals surface area (Å²) in [5.74, 6) is -0.0845. The average molecular weight is 435 g/mol. The number of benzene rings is 2. The van der Waals surface area contributed by atoms with Crippen molar-refractivity contribution in [2.24, 2.45) is 4.99 Å². The van der Waals surface area contributed by atoms with Crippen LogP contribution in [0.5, 0.6) is 0 Å². The molecule has 0 atom stereocenters. The lowest BCUT2D eigenvalue weighted by Crippen LogP contribution is -2.36. The van der Waals surface area contributed by atoms with E-state index in [2.05, 4.69) is 17.1 Å². The molecule has 0 radical (unpaired) electrons. The Morgan fingerprint density at radius 3 is 2.66 bits per heavy atom. The summed E-state index contributed by atoms with van der Waals surface area (Å²) >= 11 is 0. The quantitative estimate of drug-likeness (QED) is 0.591. The van der Waals surface area contributed by atoms with Crippen molar-refractivity contribution in [3.8, 4) is 0 Å². The van der Waals surface area contributed by atoms with E-state index in [0.717, 1.165) is 51.4 Å². The van der Waals surface area contributed by atoms with Crippen molar-refractivity contribution in [3.63, 3.8) is 0 Å². The van der Waals surface area contributed by atoms with Gasteiger partial charge in [-0.25, -0.2) is 0 Å². The van der Waals surface area contributed by atoms with E-state index >= 15 is 0 Å². The molecule has 0 unspecified atom stereocenters. The standard InChI is InChI=1S/C25H20F3N3O/c1-15-7-17(5-6-29-15)24-22-10-20-14-31(23(32)11-18(20)9-19(22)12-30-24)13-16-3-2-4-21(8-16)25(26,27)28/h2-10H,11-14H2,1H3. The van der Waals surface area contributed by atoms with Crippen LogP contribution in [-0.4, -0.2) is 21.5 Å². The Bertz CT molecular complexity index is 1260. The van der Waals surface area contributed by atoms with Crippen LogP contribution in [0.3, 0.4) is 0 Å². The number of pyridine rings is 1. The number of hydrogen-bond donors (Lipinski definition) is 0. The zero-order valence-electron chi connectivity index (χ0n) is 17.4. The molecule has 32 heavy (non-hydrogen) atoms. The maximum absolute atomic E-state index is 13.1. The fourth-order valence-electron chi connectivity index (χ4n) is 4.37. The molecule has 5 rings (SSSR count). The van der Waals surface area contributed by atoms with Gasteiger partial charge >= 0.3 is 6.18 Å². The number of carbonyl (C=O) groups is 1. The molecule has 0 N–H and O–H groups in total. The van der Waals surface area contributed by atoms with Crippen LogP contribution in [0.1, 0.15) is 44.6 Å². The minimum absolute atomic E-state index is 0.0845. The van der Waals surface area contributed by atoms with Gasteiger partial charge in [-0.1, -0.05) is 18.2 Å². The van der Waals surface area contributed by atoms with E-state index in [0.29, 0.717) is 18.7 Å². The first-order valence-corrected chi connectivity index (χ1v) is 10.3. The summed E-state index contributed by atoms with van der Waals surface area (Å²) in [4.78, 5) is 23.3. The summed E-state index contributed by atoms with van der Waals surface area (Å²) in [6.45, 7) is 3.01. The van der Waals surface area contributed by atoms with Crippen LogP contribution < -0.4 is 0 Å². The van der Waals surface area contributed by atoms with Crippen LogP contribution in [0.2, 0.25) is 0 Å². The van der Waals surface area contributed by atoms with Gasteiger partial charge in [-0.05, 0) is 59.5 Å². The second kappa shape index (κ2) is 7.58. The molecular formula is C25H20F3N3O. The Balaban J connectivity index is 1.43. The molecule has 0 bridgehead atoms. The van der Waals surface area contributed by atoms with Gasteiger partial charge in [0.15, 0.2) is 0 Å². The number of hydrogen-bond acceptors (Lipinski definition) is 3. The monoisotopic (exact) mass is 435 g/mol. The zero-order valence-corrected chi connectivity index (χ0v) is 17.4. The van der Waals surface area contributed by atoms with Crippen molar-refractivity contribution in [1.82, 2.24) is 9.88 Å². The Hall–Kier alpha value is -3.48. The molecule has 2 aliphatic heterocycles. The number of nitrogens with zero attached hydrogens (tertiary/aromatic N) is 3. The molecule has 1 amide bonds. The van der Waals surface area contributed by atoms with Gasteiger partial charge in [0.05, 0.1) is 24.2 Å². The smallest absolute Gasteiger partial charge is 0.334 e. The molecule has 0 fully saturated rings. The molecule has 7 heteroatoms. The number of aromatic nitrogens is 1. The van der Waals surface area contributed by atoms with Gasteiger partial charge in [-0.2, -0.15) is 13.2 Å². The number of alkyl halides is 3. The van der Waals surface area contributed by atoms with Crippen LogP contribution in [0.25, 0.3) is 0 Å². The second-order valence-corrected chi connectivity index (χ2v) is 8.25. The Kier molecular flexibility index (Phi) is 4.84. The van der Waals surface area contributed by atoms with Crippen LogP contribution in [0.15, 0.2) is 59.7 Å². The van der Waals surface area contributed by atoms with E-state index in [1.54, 1.807) is 17.2 Å². The van der Waals surface area contributed by atoms with Gasteiger partial charge in [-0.15, -0.1) is 0 Å². The minimum Gasteiger partial charge on any atom is -0.334 e. The average Bonchev–Trinajstić information content (AvgIpc) is 3.15. The number of halogens is 3. The lowest BCUT2D eigenvalue weighted by molar-refractivity contribution is -0.137. The number of amides is 1. The van der Waals surface area contributed by atoms with Gasteiger partial charge in [0.2, 0.25) is 5.91 Å². The van der Waals surface area contributed by atoms with E-state index in [-0.39, 0.29) is 18.9 Å². The van der Waals surface area contributed by atoms with Crippen LogP contribution in [0.4, 0.5) is 13.2 Å². The van der Waals surface area contributed by atoms with E-state index in [1.807, 2.05) is 19.1 Å². The molecule has 2 aromatic carbocycles. The Labute approximate surface area is 183 Å². The fraction of sp³-hybridized carbons (Fsp3) is 0.240. The minimum atomic E-state index is -4.41. The van der Waals surface area contributed by atoms with Crippen LogP contribution >= 0.6 is 0 Å². The molecule has 2 aliphatic rings. The first-order valence-electron chi connectivity index (χ1n) is 10.3. The Morgan fingerprint density at radius 2 is 1.88 bits per heavy atom. The molecule has 3 heterocycles. The number of carbonyl (C=O) groups excluding carboxylic acids is 1. The normalized spacial score (nSPS) is 15.4. The maximum Gasteiger partial charge on any atom is 0.416 e. The van der Waals surface area contributed by atoms with E-state index in [1.165, 1.54) is 6.07 Å². The first kappa shape index (κ1) is 20.4. The van der Waals surface area contributed by atoms with Gasteiger partial charge < -0.3 is 4.90 Å². The summed E-state index contributed by atoms with van der Waals surface area (Å²) in [5, 5.41) is 0. The molecule has 162 valence electrons. The van der Waals surface area contributed by atoms with E-state index in [4.69, 9.17) is 4.99 Å². The predicted octanol–water partition coefficient (Wildman–Crippen LogP) is 4.84. The van der Waals surface area contributed by atoms with Gasteiger partial charge in [-0.3, -0.25) is 14.8 Å². The lowest BCUT2D eigenvalue weighted by Gasteiger charge is -2.30. The molecular weight excluding hydrogens is 415 g/mol. The highest BCUT2D eigenvalue weighted by molar-refractivity contribution is 6.15. The highest BCUT2D eigenvalue weighted by Crippen LogP contribution is 2.32. The predicted molar refractivity (Wildman–Crippen MR) is 114 cm³/mol. The van der Waals surface area contributed by atoms with Crippen LogP contribution in [-0.2, 0) is 37.0 Å². The highest BCUT2D eigenvalue weighted by atomic mass is 19.4. The van der Waals surface area contributed by atoms with E-state index < -0.39 is 11.7 Å². The number of aliphatic imine (C=N–C) groups is 1. The fourth-order valence-corrected chi connectivity index (χ4v) is 4.37. The third-order valence-corrected chi connectivity index (χ3v) is 5.94. The molecule has 0 saturated heterocycles. The number of rotatable bonds is 3. The molecule has 0 aliphatic carbocycles. The third kappa shape index (κ3) is 3.79. The zero-order chi connectivity index (χ0) is 22.5. The summed E-state index contributed by atoms with van der Waals surface area (Å²) in [6, 6.07) is 13.2. The summed E-state index contributed by atoms with van der Waals surface area (Å²) in [7, 11) is 0. The molecule has 1 aromatic heterocycles. The first-order chi connectivity index (χ1) is 15.3.